The Morgan fingerprint density at radius 2 is 2.20 bits per heavy atom. The molecule has 3 nitrogen and oxygen atoms in total. The van der Waals surface area contributed by atoms with Crippen LogP contribution in [0, 0.1) is 6.92 Å². The van der Waals surface area contributed by atoms with Gasteiger partial charge in [0.05, 0.1) is 16.2 Å². The highest BCUT2D eigenvalue weighted by molar-refractivity contribution is 9.11. The molecule has 0 spiro atoms. The SMILES string of the molecule is CNC(c1ccc2c(c1)CC(=O)N2)c1cc(C)c(Br)s1. The number of amides is 1. The van der Waals surface area contributed by atoms with Crippen LogP contribution < -0.4 is 10.6 Å². The van der Waals surface area contributed by atoms with E-state index in [1.165, 1.54) is 19.8 Å². The first kappa shape index (κ1) is 13.8. The first-order valence-corrected chi connectivity index (χ1v) is 8.05. The van der Waals surface area contributed by atoms with Crippen LogP contribution in [-0.2, 0) is 11.2 Å². The van der Waals surface area contributed by atoms with Crippen molar-refractivity contribution in [1.82, 2.24) is 5.32 Å². The molecule has 20 heavy (non-hydrogen) atoms. The summed E-state index contributed by atoms with van der Waals surface area (Å²) in [4.78, 5) is 12.7. The summed E-state index contributed by atoms with van der Waals surface area (Å²) in [6.45, 7) is 2.10. The van der Waals surface area contributed by atoms with Crippen molar-refractivity contribution in [3.8, 4) is 0 Å². The lowest BCUT2D eigenvalue weighted by molar-refractivity contribution is -0.115. The molecule has 0 bridgehead atoms. The maximum atomic E-state index is 11.4. The standard InChI is InChI=1S/C15H15BrN2OS/c1-8-5-12(20-15(8)16)14(17-2)9-3-4-11-10(6-9)7-13(19)18-11/h3-6,14,17H,7H2,1-2H3,(H,18,19). The van der Waals surface area contributed by atoms with Gasteiger partial charge in [-0.15, -0.1) is 11.3 Å². The normalized spacial score (nSPS) is 15.1. The van der Waals surface area contributed by atoms with Crippen molar-refractivity contribution in [2.45, 2.75) is 19.4 Å². The van der Waals surface area contributed by atoms with E-state index in [0.717, 1.165) is 11.3 Å². The number of nitrogens with one attached hydrogen (secondary N) is 2. The molecule has 1 aliphatic heterocycles. The van der Waals surface area contributed by atoms with E-state index in [-0.39, 0.29) is 11.9 Å². The predicted octanol–water partition coefficient (Wildman–Crippen LogP) is 3.62. The van der Waals surface area contributed by atoms with Crippen molar-refractivity contribution < 1.29 is 4.79 Å². The summed E-state index contributed by atoms with van der Waals surface area (Å²) in [5.41, 5.74) is 4.47. The predicted molar refractivity (Wildman–Crippen MR) is 86.4 cm³/mol. The number of anilines is 1. The van der Waals surface area contributed by atoms with Crippen molar-refractivity contribution in [3.63, 3.8) is 0 Å². The van der Waals surface area contributed by atoms with Crippen LogP contribution in [0.5, 0.6) is 0 Å². The third-order valence-electron chi connectivity index (χ3n) is 3.54. The van der Waals surface area contributed by atoms with Crippen LogP contribution in [0.2, 0.25) is 0 Å². The van der Waals surface area contributed by atoms with E-state index in [9.17, 15) is 4.79 Å². The Labute approximate surface area is 130 Å². The summed E-state index contributed by atoms with van der Waals surface area (Å²) >= 11 is 5.33. The molecule has 2 aromatic rings. The van der Waals surface area contributed by atoms with Crippen LogP contribution in [0.1, 0.15) is 27.6 Å². The van der Waals surface area contributed by atoms with Gasteiger partial charge in [-0.25, -0.2) is 0 Å². The van der Waals surface area contributed by atoms with E-state index in [2.05, 4.69) is 51.7 Å². The maximum Gasteiger partial charge on any atom is 0.228 e. The van der Waals surface area contributed by atoms with Crippen LogP contribution >= 0.6 is 27.3 Å². The van der Waals surface area contributed by atoms with Crippen molar-refractivity contribution >= 4 is 38.9 Å². The van der Waals surface area contributed by atoms with Crippen molar-refractivity contribution in [1.29, 1.82) is 0 Å². The van der Waals surface area contributed by atoms with Crippen molar-refractivity contribution in [3.05, 3.63) is 49.6 Å². The smallest absolute Gasteiger partial charge is 0.228 e. The minimum absolute atomic E-state index is 0.0767. The Balaban J connectivity index is 1.98. The lowest BCUT2D eigenvalue weighted by Gasteiger charge is -2.16. The molecule has 1 atom stereocenters. The number of carbonyl (C=O) groups excluding carboxylic acids is 1. The highest BCUT2D eigenvalue weighted by Gasteiger charge is 2.21. The van der Waals surface area contributed by atoms with E-state index in [1.54, 1.807) is 11.3 Å². The Kier molecular flexibility index (Phi) is 3.67. The van der Waals surface area contributed by atoms with Gasteiger partial charge in [0, 0.05) is 10.6 Å². The highest BCUT2D eigenvalue weighted by atomic mass is 79.9. The molecular weight excluding hydrogens is 336 g/mol. The Hall–Kier alpha value is -1.17. The minimum Gasteiger partial charge on any atom is -0.326 e. The van der Waals surface area contributed by atoms with Gasteiger partial charge in [0.1, 0.15) is 0 Å². The fourth-order valence-corrected chi connectivity index (χ4v) is 4.24. The zero-order valence-corrected chi connectivity index (χ0v) is 13.7. The van der Waals surface area contributed by atoms with Crippen LogP contribution in [0.4, 0.5) is 5.69 Å². The third kappa shape index (κ3) is 2.41. The van der Waals surface area contributed by atoms with Gasteiger partial charge in [-0.05, 0) is 58.7 Å². The Bertz CT molecular complexity index is 661. The van der Waals surface area contributed by atoms with Crippen molar-refractivity contribution in [2.24, 2.45) is 0 Å². The van der Waals surface area contributed by atoms with Crippen LogP contribution in [-0.4, -0.2) is 13.0 Å². The second-order valence-electron chi connectivity index (χ2n) is 4.97. The molecule has 3 rings (SSSR count). The number of fused-ring (bicyclic) bond motifs is 1. The number of hydrogen-bond donors (Lipinski definition) is 2. The highest BCUT2D eigenvalue weighted by Crippen LogP contribution is 2.35. The zero-order chi connectivity index (χ0) is 14.3. The lowest BCUT2D eigenvalue weighted by atomic mass is 10.0. The summed E-state index contributed by atoms with van der Waals surface area (Å²) < 4.78 is 1.17. The second kappa shape index (κ2) is 5.31. The van der Waals surface area contributed by atoms with Crippen molar-refractivity contribution in [2.75, 3.05) is 12.4 Å². The molecule has 1 amide bonds. The molecule has 2 N–H and O–H groups in total. The first-order valence-electron chi connectivity index (χ1n) is 6.44. The third-order valence-corrected chi connectivity index (χ3v) is 5.74. The number of thiophene rings is 1. The number of aryl methyl sites for hydroxylation is 1. The van der Waals surface area contributed by atoms with Gasteiger partial charge in [0.25, 0.3) is 0 Å². The molecule has 0 fully saturated rings. The molecule has 104 valence electrons. The monoisotopic (exact) mass is 350 g/mol. The van der Waals surface area contributed by atoms with Crippen LogP contribution in [0.3, 0.4) is 0 Å². The number of hydrogen-bond acceptors (Lipinski definition) is 3. The zero-order valence-electron chi connectivity index (χ0n) is 11.3. The number of rotatable bonds is 3. The average molecular weight is 351 g/mol. The molecule has 0 radical (unpaired) electrons. The topological polar surface area (TPSA) is 41.1 Å². The lowest BCUT2D eigenvalue weighted by Crippen LogP contribution is -2.16. The van der Waals surface area contributed by atoms with E-state index in [1.807, 2.05) is 13.1 Å². The Morgan fingerprint density at radius 1 is 1.40 bits per heavy atom. The summed E-state index contributed by atoms with van der Waals surface area (Å²) in [6.07, 6.45) is 0.479. The first-order chi connectivity index (χ1) is 9.58. The summed E-state index contributed by atoms with van der Waals surface area (Å²) in [7, 11) is 1.96. The fourth-order valence-electron chi connectivity index (χ4n) is 2.53. The molecule has 1 aromatic carbocycles. The average Bonchev–Trinajstić information content (AvgIpc) is 2.93. The second-order valence-corrected chi connectivity index (χ2v) is 7.37. The quantitative estimate of drug-likeness (QED) is 0.887. The van der Waals surface area contributed by atoms with E-state index < -0.39 is 0 Å². The molecule has 0 saturated heterocycles. The van der Waals surface area contributed by atoms with Gasteiger partial charge in [-0.3, -0.25) is 4.79 Å². The number of carbonyl (C=O) groups is 1. The van der Waals surface area contributed by atoms with Gasteiger partial charge in [0.2, 0.25) is 5.91 Å². The minimum atomic E-state index is 0.0767. The van der Waals surface area contributed by atoms with Gasteiger partial charge < -0.3 is 10.6 Å². The number of halogens is 1. The summed E-state index contributed by atoms with van der Waals surface area (Å²) in [5.74, 6) is 0.0767. The van der Waals surface area contributed by atoms with Crippen LogP contribution in [0.25, 0.3) is 0 Å². The van der Waals surface area contributed by atoms with E-state index in [4.69, 9.17) is 0 Å². The van der Waals surface area contributed by atoms with Gasteiger partial charge >= 0.3 is 0 Å². The molecule has 1 aliphatic rings. The molecule has 5 heteroatoms. The Morgan fingerprint density at radius 3 is 2.85 bits per heavy atom. The number of benzene rings is 1. The van der Waals surface area contributed by atoms with Gasteiger partial charge in [0.15, 0.2) is 0 Å². The van der Waals surface area contributed by atoms with E-state index >= 15 is 0 Å². The molecule has 0 aliphatic carbocycles. The molecule has 1 aromatic heterocycles. The van der Waals surface area contributed by atoms with Gasteiger partial charge in [-0.2, -0.15) is 0 Å². The molecular formula is C15H15BrN2OS. The van der Waals surface area contributed by atoms with E-state index in [0.29, 0.717) is 6.42 Å². The van der Waals surface area contributed by atoms with Crippen LogP contribution in [0.15, 0.2) is 28.1 Å². The van der Waals surface area contributed by atoms with Gasteiger partial charge in [-0.1, -0.05) is 12.1 Å². The maximum absolute atomic E-state index is 11.4. The molecule has 2 heterocycles. The molecule has 1 unspecified atom stereocenters. The largest absolute Gasteiger partial charge is 0.326 e. The summed E-state index contributed by atoms with van der Waals surface area (Å²) in [5, 5.41) is 6.23. The summed E-state index contributed by atoms with van der Waals surface area (Å²) in [6, 6.07) is 8.56. The molecule has 0 saturated carbocycles. The fraction of sp³-hybridized carbons (Fsp3) is 0.267.